The molecule has 3 unspecified atom stereocenters. The first-order valence-electron chi connectivity index (χ1n) is 5.13. The van der Waals surface area contributed by atoms with Gasteiger partial charge >= 0.3 is 0 Å². The third-order valence-corrected chi connectivity index (χ3v) is 2.99. The van der Waals surface area contributed by atoms with Crippen LogP contribution in [0.2, 0.25) is 0 Å². The van der Waals surface area contributed by atoms with Crippen molar-refractivity contribution < 1.29 is 5.11 Å². The highest BCUT2D eigenvalue weighted by atomic mass is 16.3. The largest absolute Gasteiger partial charge is 0.392 e. The molecule has 2 N–H and O–H groups in total. The first-order chi connectivity index (χ1) is 5.77. The Bertz CT molecular complexity index is 127. The second-order valence-corrected chi connectivity index (χ2v) is 3.93. The maximum Gasteiger partial charge on any atom is 0.0693 e. The molecule has 0 radical (unpaired) electrons. The van der Waals surface area contributed by atoms with Crippen molar-refractivity contribution in [2.75, 3.05) is 7.05 Å². The summed E-state index contributed by atoms with van der Waals surface area (Å²) in [5.41, 5.74) is 0. The van der Waals surface area contributed by atoms with E-state index in [1.54, 1.807) is 0 Å². The van der Waals surface area contributed by atoms with Crippen LogP contribution in [-0.4, -0.2) is 24.3 Å². The summed E-state index contributed by atoms with van der Waals surface area (Å²) in [7, 11) is 1.95. The zero-order valence-electron chi connectivity index (χ0n) is 8.21. The number of rotatable bonds is 3. The van der Waals surface area contributed by atoms with Crippen LogP contribution in [0.5, 0.6) is 0 Å². The van der Waals surface area contributed by atoms with Crippen molar-refractivity contribution >= 4 is 0 Å². The van der Waals surface area contributed by atoms with Gasteiger partial charge in [0.1, 0.15) is 0 Å². The first-order valence-corrected chi connectivity index (χ1v) is 5.13. The maximum atomic E-state index is 9.59. The van der Waals surface area contributed by atoms with Crippen molar-refractivity contribution in [1.29, 1.82) is 0 Å². The summed E-state index contributed by atoms with van der Waals surface area (Å²) < 4.78 is 0. The van der Waals surface area contributed by atoms with Crippen molar-refractivity contribution in [3.63, 3.8) is 0 Å². The van der Waals surface area contributed by atoms with Crippen LogP contribution in [0.1, 0.15) is 39.0 Å². The molecule has 1 aliphatic rings. The second kappa shape index (κ2) is 4.83. The molecule has 0 saturated heterocycles. The SMILES string of the molecule is CCCC1CCC(O)C(NC)C1. The molecule has 3 atom stereocenters. The van der Waals surface area contributed by atoms with E-state index in [1.165, 1.54) is 19.3 Å². The van der Waals surface area contributed by atoms with Gasteiger partial charge in [-0.05, 0) is 32.2 Å². The monoisotopic (exact) mass is 171 g/mol. The molecule has 1 aliphatic carbocycles. The minimum absolute atomic E-state index is 0.108. The molecule has 2 heteroatoms. The fraction of sp³-hybridized carbons (Fsp3) is 1.00. The number of aliphatic hydroxyl groups is 1. The van der Waals surface area contributed by atoms with Crippen LogP contribution in [-0.2, 0) is 0 Å². The summed E-state index contributed by atoms with van der Waals surface area (Å²) in [6, 6.07) is 0.343. The van der Waals surface area contributed by atoms with Crippen molar-refractivity contribution in [1.82, 2.24) is 5.32 Å². The molecule has 0 bridgehead atoms. The molecule has 1 saturated carbocycles. The average molecular weight is 171 g/mol. The Morgan fingerprint density at radius 1 is 1.42 bits per heavy atom. The summed E-state index contributed by atoms with van der Waals surface area (Å²) in [6.45, 7) is 2.24. The molecule has 72 valence electrons. The molecule has 1 fully saturated rings. The first kappa shape index (κ1) is 10.0. The van der Waals surface area contributed by atoms with E-state index < -0.39 is 0 Å². The Labute approximate surface area is 75.4 Å². The van der Waals surface area contributed by atoms with Gasteiger partial charge in [-0.2, -0.15) is 0 Å². The zero-order valence-corrected chi connectivity index (χ0v) is 8.21. The summed E-state index contributed by atoms with van der Waals surface area (Å²) in [6.07, 6.45) is 5.85. The molecule has 0 aromatic carbocycles. The predicted octanol–water partition coefficient (Wildman–Crippen LogP) is 1.54. The highest BCUT2D eigenvalue weighted by Gasteiger charge is 2.26. The second-order valence-electron chi connectivity index (χ2n) is 3.93. The Balaban J connectivity index is 2.33. The van der Waals surface area contributed by atoms with E-state index in [-0.39, 0.29) is 6.10 Å². The van der Waals surface area contributed by atoms with Crippen molar-refractivity contribution in [3.8, 4) is 0 Å². The van der Waals surface area contributed by atoms with Crippen LogP contribution in [0, 0.1) is 5.92 Å². The number of aliphatic hydroxyl groups excluding tert-OH is 1. The number of hydrogen-bond acceptors (Lipinski definition) is 2. The van der Waals surface area contributed by atoms with Gasteiger partial charge in [-0.3, -0.25) is 0 Å². The van der Waals surface area contributed by atoms with E-state index in [0.717, 1.165) is 18.8 Å². The lowest BCUT2D eigenvalue weighted by atomic mass is 9.81. The van der Waals surface area contributed by atoms with Crippen molar-refractivity contribution in [2.45, 2.75) is 51.2 Å². The molecule has 0 spiro atoms. The van der Waals surface area contributed by atoms with Crippen molar-refractivity contribution in [2.24, 2.45) is 5.92 Å². The molecular formula is C10H21NO. The van der Waals surface area contributed by atoms with Crippen LogP contribution in [0.3, 0.4) is 0 Å². The van der Waals surface area contributed by atoms with Crippen LogP contribution in [0.25, 0.3) is 0 Å². The molecule has 0 aromatic rings. The summed E-state index contributed by atoms with van der Waals surface area (Å²) in [4.78, 5) is 0. The predicted molar refractivity (Wildman–Crippen MR) is 51.1 cm³/mol. The molecular weight excluding hydrogens is 150 g/mol. The van der Waals surface area contributed by atoms with Gasteiger partial charge in [-0.15, -0.1) is 0 Å². The van der Waals surface area contributed by atoms with Crippen LogP contribution < -0.4 is 5.32 Å². The molecule has 0 aliphatic heterocycles. The third-order valence-electron chi connectivity index (χ3n) is 2.99. The minimum atomic E-state index is -0.108. The summed E-state index contributed by atoms with van der Waals surface area (Å²) in [5, 5.41) is 12.8. The number of hydrogen-bond donors (Lipinski definition) is 2. The van der Waals surface area contributed by atoms with Gasteiger partial charge in [-0.25, -0.2) is 0 Å². The van der Waals surface area contributed by atoms with E-state index in [4.69, 9.17) is 0 Å². The van der Waals surface area contributed by atoms with E-state index in [1.807, 2.05) is 7.05 Å². The van der Waals surface area contributed by atoms with Gasteiger partial charge in [-0.1, -0.05) is 19.8 Å². The smallest absolute Gasteiger partial charge is 0.0693 e. The Kier molecular flexibility index (Phi) is 4.02. The van der Waals surface area contributed by atoms with Gasteiger partial charge < -0.3 is 10.4 Å². The van der Waals surface area contributed by atoms with Crippen LogP contribution in [0.4, 0.5) is 0 Å². The van der Waals surface area contributed by atoms with E-state index >= 15 is 0 Å². The van der Waals surface area contributed by atoms with Crippen molar-refractivity contribution in [3.05, 3.63) is 0 Å². The summed E-state index contributed by atoms with van der Waals surface area (Å²) >= 11 is 0. The Morgan fingerprint density at radius 3 is 2.75 bits per heavy atom. The van der Waals surface area contributed by atoms with E-state index in [2.05, 4.69) is 12.2 Å². The quantitative estimate of drug-likeness (QED) is 0.675. The standard InChI is InChI=1S/C10H21NO/c1-3-4-8-5-6-10(12)9(7-8)11-2/h8-12H,3-7H2,1-2H3. The van der Waals surface area contributed by atoms with E-state index in [9.17, 15) is 5.11 Å². The lowest BCUT2D eigenvalue weighted by molar-refractivity contribution is 0.0714. The number of likely N-dealkylation sites (N-methyl/N-ethyl adjacent to an activating group) is 1. The van der Waals surface area contributed by atoms with Crippen LogP contribution in [0.15, 0.2) is 0 Å². The molecule has 1 rings (SSSR count). The average Bonchev–Trinajstić information content (AvgIpc) is 2.09. The van der Waals surface area contributed by atoms with Gasteiger partial charge in [0.2, 0.25) is 0 Å². The number of nitrogens with one attached hydrogen (secondary N) is 1. The molecule has 0 aromatic heterocycles. The molecule has 0 amide bonds. The van der Waals surface area contributed by atoms with Crippen LogP contribution >= 0.6 is 0 Å². The lowest BCUT2D eigenvalue weighted by Gasteiger charge is -2.32. The van der Waals surface area contributed by atoms with Gasteiger partial charge in [0, 0.05) is 6.04 Å². The third kappa shape index (κ3) is 2.46. The fourth-order valence-electron chi connectivity index (χ4n) is 2.22. The molecule has 12 heavy (non-hydrogen) atoms. The highest BCUT2D eigenvalue weighted by Crippen LogP contribution is 2.27. The molecule has 0 heterocycles. The molecule has 2 nitrogen and oxygen atoms in total. The zero-order chi connectivity index (χ0) is 8.97. The maximum absolute atomic E-state index is 9.59. The van der Waals surface area contributed by atoms with Gasteiger partial charge in [0.25, 0.3) is 0 Å². The Hall–Kier alpha value is -0.0800. The highest BCUT2D eigenvalue weighted by molar-refractivity contribution is 4.83. The van der Waals surface area contributed by atoms with Gasteiger partial charge in [0.15, 0.2) is 0 Å². The topological polar surface area (TPSA) is 32.3 Å². The minimum Gasteiger partial charge on any atom is -0.392 e. The fourth-order valence-corrected chi connectivity index (χ4v) is 2.22. The lowest BCUT2D eigenvalue weighted by Crippen LogP contribution is -2.42. The van der Waals surface area contributed by atoms with Gasteiger partial charge in [0.05, 0.1) is 6.10 Å². The Morgan fingerprint density at radius 2 is 2.17 bits per heavy atom. The normalized spacial score (nSPS) is 36.8. The van der Waals surface area contributed by atoms with E-state index in [0.29, 0.717) is 6.04 Å². The summed E-state index contributed by atoms with van der Waals surface area (Å²) in [5.74, 6) is 0.843.